The van der Waals surface area contributed by atoms with Gasteiger partial charge in [-0.2, -0.15) is 0 Å². The molecule has 2 aliphatic carbocycles. The number of rotatable bonds is 3. The maximum absolute atomic E-state index is 13.4. The van der Waals surface area contributed by atoms with Crippen LogP contribution in [0.4, 0.5) is 0 Å². The lowest BCUT2D eigenvalue weighted by atomic mass is 9.45. The smallest absolute Gasteiger partial charge is 0.298 e. The predicted octanol–water partition coefficient (Wildman–Crippen LogP) is 3.17. The quantitative estimate of drug-likeness (QED) is 0.503. The minimum Gasteiger partial charge on any atom is -0.504 e. The number of nitrogens with zero attached hydrogens (tertiary/aromatic N) is 2. The molecule has 2 bridgehead atoms. The molecular formula is C31H34N2O4. The third kappa shape index (κ3) is 3.17. The van der Waals surface area contributed by atoms with Crippen LogP contribution in [0.15, 0.2) is 49.1 Å². The second-order valence-corrected chi connectivity index (χ2v) is 11.3. The van der Waals surface area contributed by atoms with E-state index in [1.165, 1.54) is 0 Å². The second kappa shape index (κ2) is 8.37. The van der Waals surface area contributed by atoms with Crippen molar-refractivity contribution in [1.29, 1.82) is 0 Å². The first-order valence-electron chi connectivity index (χ1n) is 13.2. The molecule has 0 radical (unpaired) electrons. The number of hydrogen-bond donors (Lipinski definition) is 2. The number of aromatic hydroxyl groups is 1. The summed E-state index contributed by atoms with van der Waals surface area (Å²) in [5, 5.41) is 23.5. The van der Waals surface area contributed by atoms with Crippen LogP contribution in [-0.4, -0.2) is 69.8 Å². The molecule has 2 aliphatic heterocycles. The van der Waals surface area contributed by atoms with Gasteiger partial charge in [0, 0.05) is 36.7 Å². The molecule has 1 spiro atoms. The highest BCUT2D eigenvalue weighted by molar-refractivity contribution is 5.94. The van der Waals surface area contributed by atoms with Crippen molar-refractivity contribution in [3.05, 3.63) is 71.3 Å². The van der Waals surface area contributed by atoms with Gasteiger partial charge in [0.05, 0.1) is 17.1 Å². The largest absolute Gasteiger partial charge is 0.504 e. The number of likely N-dealkylation sites (tertiary alicyclic amines) is 1. The van der Waals surface area contributed by atoms with Crippen LogP contribution in [0.25, 0.3) is 0 Å². The van der Waals surface area contributed by atoms with E-state index in [4.69, 9.17) is 4.74 Å². The molecular weight excluding hydrogens is 464 g/mol. The maximum atomic E-state index is 13.4. The van der Waals surface area contributed by atoms with Gasteiger partial charge in [0.1, 0.15) is 6.10 Å². The van der Waals surface area contributed by atoms with E-state index in [1.807, 2.05) is 43.3 Å². The van der Waals surface area contributed by atoms with Gasteiger partial charge in [-0.15, -0.1) is 6.58 Å². The average Bonchev–Trinajstić information content (AvgIpc) is 3.23. The van der Waals surface area contributed by atoms with Gasteiger partial charge in [-0.25, -0.2) is 0 Å². The highest BCUT2D eigenvalue weighted by atomic mass is 16.5. The summed E-state index contributed by atoms with van der Waals surface area (Å²) >= 11 is 0. The number of phenols is 1. The van der Waals surface area contributed by atoms with E-state index in [2.05, 4.69) is 30.2 Å². The monoisotopic (exact) mass is 498 g/mol. The van der Waals surface area contributed by atoms with E-state index >= 15 is 0 Å². The summed E-state index contributed by atoms with van der Waals surface area (Å²) in [6.07, 6.45) is 3.38. The Labute approximate surface area is 218 Å². The number of aryl methyl sites for hydroxylation is 1. The van der Waals surface area contributed by atoms with Crippen LogP contribution in [-0.2, 0) is 16.6 Å². The van der Waals surface area contributed by atoms with E-state index in [9.17, 15) is 15.0 Å². The zero-order chi connectivity index (χ0) is 26.1. The van der Waals surface area contributed by atoms with Gasteiger partial charge in [-0.3, -0.25) is 9.69 Å². The molecule has 2 heterocycles. The third-order valence-electron chi connectivity index (χ3n) is 9.48. The Morgan fingerprint density at radius 3 is 2.92 bits per heavy atom. The van der Waals surface area contributed by atoms with Crippen LogP contribution >= 0.6 is 0 Å². The Kier molecular flexibility index (Phi) is 5.45. The van der Waals surface area contributed by atoms with Gasteiger partial charge >= 0.3 is 0 Å². The molecule has 0 unspecified atom stereocenters. The summed E-state index contributed by atoms with van der Waals surface area (Å²) in [4.78, 5) is 17.4. The zero-order valence-electron chi connectivity index (χ0n) is 21.7. The lowest BCUT2D eigenvalue weighted by molar-refractivity contribution is -0.222. The van der Waals surface area contributed by atoms with Gasteiger partial charge in [0.25, 0.3) is 5.91 Å². The molecule has 0 aromatic heterocycles. The molecule has 2 aromatic rings. The van der Waals surface area contributed by atoms with Crippen LogP contribution in [0.1, 0.15) is 42.0 Å². The van der Waals surface area contributed by atoms with Crippen LogP contribution in [0.5, 0.6) is 11.5 Å². The fraction of sp³-hybridized carbons (Fsp3) is 0.452. The van der Waals surface area contributed by atoms with Crippen LogP contribution in [0.2, 0.25) is 0 Å². The van der Waals surface area contributed by atoms with Crippen molar-refractivity contribution in [3.8, 4) is 23.3 Å². The molecule has 4 aliphatic rings. The minimum absolute atomic E-state index is 0.0913. The Bertz CT molecular complexity index is 1360. The summed E-state index contributed by atoms with van der Waals surface area (Å²) in [5.74, 6) is 6.03. The topological polar surface area (TPSA) is 73.2 Å². The van der Waals surface area contributed by atoms with E-state index in [1.54, 1.807) is 18.0 Å². The molecule has 2 N–H and O–H groups in total. The number of ether oxygens (including phenoxy) is 1. The summed E-state index contributed by atoms with van der Waals surface area (Å²) in [6, 6.07) is 11.1. The summed E-state index contributed by atoms with van der Waals surface area (Å²) < 4.78 is 6.59. The zero-order valence-corrected chi connectivity index (χ0v) is 21.7. The summed E-state index contributed by atoms with van der Waals surface area (Å²) in [5.41, 5.74) is 2.18. The Balaban J connectivity index is 1.43. The molecule has 6 rings (SSSR count). The fourth-order valence-electron chi connectivity index (χ4n) is 7.87. The van der Waals surface area contributed by atoms with Crippen molar-refractivity contribution < 1.29 is 19.7 Å². The van der Waals surface area contributed by atoms with Gasteiger partial charge in [-0.05, 0) is 68.0 Å². The molecule has 6 nitrogen and oxygen atoms in total. The first-order chi connectivity index (χ1) is 17.7. The van der Waals surface area contributed by atoms with Gasteiger partial charge in [0.2, 0.25) is 0 Å². The fourth-order valence-corrected chi connectivity index (χ4v) is 7.87. The molecule has 1 saturated heterocycles. The van der Waals surface area contributed by atoms with E-state index in [0.717, 1.165) is 28.8 Å². The third-order valence-corrected chi connectivity index (χ3v) is 9.48. The lowest BCUT2D eigenvalue weighted by Crippen LogP contribution is -2.80. The van der Waals surface area contributed by atoms with Gasteiger partial charge < -0.3 is 19.8 Å². The van der Waals surface area contributed by atoms with Crippen molar-refractivity contribution in [3.63, 3.8) is 0 Å². The van der Waals surface area contributed by atoms with Gasteiger partial charge in [-0.1, -0.05) is 37.1 Å². The maximum Gasteiger partial charge on any atom is 0.298 e. The Morgan fingerprint density at radius 1 is 1.35 bits per heavy atom. The molecule has 2 fully saturated rings. The van der Waals surface area contributed by atoms with E-state index < -0.39 is 17.1 Å². The predicted molar refractivity (Wildman–Crippen MR) is 141 cm³/mol. The standard InChI is InChI=1S/C31H34N2O4/c1-5-14-33-15-13-30-27-22-10-11-24(34)28(27)37-29(30)23(17-20(3)31(30,36)25(33)18-22)32(4)26(35)12-9-21-8-6-7-19(2)16-21/h5-8,10-11,16,20,23,25,29,34,36H,1,13-15,17-18H2,2-4H3/t20-,23+,25+,29-,30-,31+/m0/s1. The number of hydrogen-bond acceptors (Lipinski definition) is 5. The summed E-state index contributed by atoms with van der Waals surface area (Å²) in [6.45, 7) is 9.54. The normalized spacial score (nSPS) is 33.0. The van der Waals surface area contributed by atoms with Crippen LogP contribution in [0, 0.1) is 24.7 Å². The first kappa shape index (κ1) is 24.1. The van der Waals surface area contributed by atoms with Crippen molar-refractivity contribution >= 4 is 5.91 Å². The molecule has 2 aromatic carbocycles. The molecule has 6 heteroatoms. The molecule has 1 amide bonds. The van der Waals surface area contributed by atoms with Crippen molar-refractivity contribution in [2.24, 2.45) is 5.92 Å². The number of carbonyl (C=O) groups is 1. The first-order valence-corrected chi connectivity index (χ1v) is 13.2. The van der Waals surface area contributed by atoms with Gasteiger partial charge in [0.15, 0.2) is 11.5 Å². The van der Waals surface area contributed by atoms with Crippen molar-refractivity contribution in [1.82, 2.24) is 9.80 Å². The number of aliphatic hydroxyl groups is 1. The van der Waals surface area contributed by atoms with Crippen molar-refractivity contribution in [2.75, 3.05) is 20.1 Å². The molecule has 1 saturated carbocycles. The molecule has 192 valence electrons. The number of carbonyl (C=O) groups excluding carboxylic acids is 1. The van der Waals surface area contributed by atoms with E-state index in [0.29, 0.717) is 31.6 Å². The Morgan fingerprint density at radius 2 is 2.16 bits per heavy atom. The molecule has 6 atom stereocenters. The number of likely N-dealkylation sites (N-methyl/N-ethyl adjacent to an activating group) is 1. The Hall–Kier alpha value is -3.27. The van der Waals surface area contributed by atoms with Crippen LogP contribution < -0.4 is 4.74 Å². The van der Waals surface area contributed by atoms with E-state index in [-0.39, 0.29) is 29.7 Å². The minimum atomic E-state index is -1.06. The number of phenolic OH excluding ortho intramolecular Hbond substituents is 1. The average molecular weight is 499 g/mol. The second-order valence-electron chi connectivity index (χ2n) is 11.3. The lowest BCUT2D eigenvalue weighted by Gasteiger charge is -2.66. The number of amides is 1. The number of benzene rings is 2. The number of piperidine rings is 1. The molecule has 37 heavy (non-hydrogen) atoms. The highest BCUT2D eigenvalue weighted by Gasteiger charge is 2.75. The highest BCUT2D eigenvalue weighted by Crippen LogP contribution is 2.67. The summed E-state index contributed by atoms with van der Waals surface area (Å²) in [7, 11) is 1.78. The van der Waals surface area contributed by atoms with Crippen molar-refractivity contribution in [2.45, 2.75) is 62.3 Å². The van der Waals surface area contributed by atoms with Crippen LogP contribution in [0.3, 0.4) is 0 Å². The SMILES string of the molecule is C=CCN1CC[C@]23c4c5ccc(O)c4O[C@H]2[C@H](N(C)C(=O)C#Cc2cccc(C)c2)C[C@H](C)[C@@]3(O)[C@H]1C5.